The molecule has 2 aromatic rings. The lowest BCUT2D eigenvalue weighted by atomic mass is 10.2. The molecule has 2 rings (SSSR count). The zero-order valence-electron chi connectivity index (χ0n) is 9.16. The van der Waals surface area contributed by atoms with Crippen LogP contribution in [0.4, 0.5) is 19.0 Å². The summed E-state index contributed by atoms with van der Waals surface area (Å²) < 4.78 is 42.2. The van der Waals surface area contributed by atoms with Crippen molar-refractivity contribution < 1.29 is 17.9 Å². The van der Waals surface area contributed by atoms with Crippen LogP contribution < -0.4 is 10.5 Å². The third-order valence-corrected chi connectivity index (χ3v) is 2.32. The quantitative estimate of drug-likeness (QED) is 0.888. The van der Waals surface area contributed by atoms with E-state index >= 15 is 0 Å². The van der Waals surface area contributed by atoms with Crippen molar-refractivity contribution in [2.45, 2.75) is 12.8 Å². The molecule has 0 saturated heterocycles. The minimum Gasteiger partial charge on any atom is -0.487 e. The smallest absolute Gasteiger partial charge is 0.416 e. The summed E-state index contributed by atoms with van der Waals surface area (Å²) in [5.74, 6) is 0.638. The fourth-order valence-electron chi connectivity index (χ4n) is 1.34. The molecule has 0 saturated carbocycles. The maximum Gasteiger partial charge on any atom is 0.416 e. The molecule has 0 aliphatic carbocycles. The Morgan fingerprint density at radius 2 is 1.89 bits per heavy atom. The predicted octanol–water partition coefficient (Wildman–Crippen LogP) is 2.59. The lowest BCUT2D eigenvalue weighted by molar-refractivity contribution is -0.137. The van der Waals surface area contributed by atoms with Crippen LogP contribution in [0.3, 0.4) is 0 Å². The minimum atomic E-state index is -4.34. The molecule has 18 heavy (non-hydrogen) atoms. The third kappa shape index (κ3) is 2.73. The summed E-state index contributed by atoms with van der Waals surface area (Å²) in [6.45, 7) is 0.122. The largest absolute Gasteiger partial charge is 0.487 e. The molecule has 0 amide bonds. The number of alkyl halides is 3. The van der Waals surface area contributed by atoms with Gasteiger partial charge in [-0.05, 0) is 24.3 Å². The van der Waals surface area contributed by atoms with Gasteiger partial charge < -0.3 is 15.5 Å². The van der Waals surface area contributed by atoms with Gasteiger partial charge in [-0.3, -0.25) is 0 Å². The van der Waals surface area contributed by atoms with Gasteiger partial charge in [-0.15, -0.1) is 0 Å². The fraction of sp³-hybridized carbons (Fsp3) is 0.182. The molecule has 96 valence electrons. The molecule has 0 aliphatic rings. The van der Waals surface area contributed by atoms with E-state index < -0.39 is 11.7 Å². The number of hydrogen-bond donors (Lipinski definition) is 2. The van der Waals surface area contributed by atoms with Gasteiger partial charge >= 0.3 is 6.18 Å². The van der Waals surface area contributed by atoms with Gasteiger partial charge in [0.05, 0.1) is 17.6 Å². The first-order valence-electron chi connectivity index (χ1n) is 5.04. The summed E-state index contributed by atoms with van der Waals surface area (Å²) in [4.78, 5) is 6.54. The number of nitrogen functional groups attached to an aromatic ring is 1. The number of imidazole rings is 1. The molecule has 0 fully saturated rings. The molecule has 1 heterocycles. The van der Waals surface area contributed by atoms with Crippen LogP contribution in [0.1, 0.15) is 11.3 Å². The average Bonchev–Trinajstić information content (AvgIpc) is 2.72. The molecule has 0 atom stereocenters. The van der Waals surface area contributed by atoms with Gasteiger partial charge in [0.25, 0.3) is 0 Å². The summed E-state index contributed by atoms with van der Waals surface area (Å²) in [6.07, 6.45) is -2.92. The van der Waals surface area contributed by atoms with E-state index in [4.69, 9.17) is 10.5 Å². The Kier molecular flexibility index (Phi) is 3.14. The van der Waals surface area contributed by atoms with Crippen molar-refractivity contribution in [3.8, 4) is 5.75 Å². The topological polar surface area (TPSA) is 63.9 Å². The van der Waals surface area contributed by atoms with Crippen LogP contribution in [0.2, 0.25) is 0 Å². The number of hydrogen-bond acceptors (Lipinski definition) is 3. The number of aromatic amines is 1. The third-order valence-electron chi connectivity index (χ3n) is 2.32. The highest BCUT2D eigenvalue weighted by Gasteiger charge is 2.29. The Morgan fingerprint density at radius 3 is 2.39 bits per heavy atom. The van der Waals surface area contributed by atoms with Crippen molar-refractivity contribution in [3.05, 3.63) is 41.9 Å². The summed E-state index contributed by atoms with van der Waals surface area (Å²) in [6, 6.07) is 4.45. The van der Waals surface area contributed by atoms with Crippen molar-refractivity contribution in [3.63, 3.8) is 0 Å². The van der Waals surface area contributed by atoms with Crippen LogP contribution in [0.25, 0.3) is 0 Å². The predicted molar refractivity (Wildman–Crippen MR) is 58.8 cm³/mol. The molecule has 0 unspecified atom stereocenters. The maximum absolute atomic E-state index is 12.3. The standard InChI is InChI=1S/C11H10F3N3O/c12-11(13,14)7-1-3-8(4-2-7)18-5-9-10(15)17-6-16-9/h1-4,6H,5,15H2,(H,16,17). The molecule has 0 bridgehead atoms. The lowest BCUT2D eigenvalue weighted by Gasteiger charge is -2.08. The van der Waals surface area contributed by atoms with Crippen LogP contribution in [0.5, 0.6) is 5.75 Å². The van der Waals surface area contributed by atoms with Crippen molar-refractivity contribution in [2.75, 3.05) is 5.73 Å². The van der Waals surface area contributed by atoms with Gasteiger partial charge in [0.2, 0.25) is 0 Å². The number of nitrogens with one attached hydrogen (secondary N) is 1. The van der Waals surface area contributed by atoms with E-state index in [0.29, 0.717) is 17.3 Å². The molecule has 1 aromatic carbocycles. The summed E-state index contributed by atoms with van der Waals surface area (Å²) in [7, 11) is 0. The normalized spacial score (nSPS) is 11.5. The van der Waals surface area contributed by atoms with Crippen molar-refractivity contribution in [1.82, 2.24) is 9.97 Å². The number of ether oxygens (including phenoxy) is 1. The first-order chi connectivity index (χ1) is 8.47. The van der Waals surface area contributed by atoms with E-state index in [1.807, 2.05) is 0 Å². The van der Waals surface area contributed by atoms with E-state index in [1.54, 1.807) is 0 Å². The Bertz CT molecular complexity index is 519. The Balaban J connectivity index is 2.01. The summed E-state index contributed by atoms with van der Waals surface area (Å²) in [5, 5.41) is 0. The van der Waals surface area contributed by atoms with Crippen molar-refractivity contribution in [2.24, 2.45) is 0 Å². The fourth-order valence-corrected chi connectivity index (χ4v) is 1.34. The van der Waals surface area contributed by atoms with Gasteiger partial charge in [0, 0.05) is 0 Å². The van der Waals surface area contributed by atoms with Gasteiger partial charge in [-0.2, -0.15) is 13.2 Å². The zero-order valence-corrected chi connectivity index (χ0v) is 9.16. The highest BCUT2D eigenvalue weighted by atomic mass is 19.4. The monoisotopic (exact) mass is 257 g/mol. The Labute approximate surface area is 101 Å². The van der Waals surface area contributed by atoms with E-state index in [0.717, 1.165) is 12.1 Å². The molecule has 3 N–H and O–H groups in total. The number of rotatable bonds is 3. The number of anilines is 1. The van der Waals surface area contributed by atoms with Gasteiger partial charge in [0.15, 0.2) is 0 Å². The summed E-state index contributed by atoms with van der Waals surface area (Å²) in [5.41, 5.74) is 5.38. The molecule has 0 aliphatic heterocycles. The van der Waals surface area contributed by atoms with E-state index in [1.165, 1.54) is 18.5 Å². The highest BCUT2D eigenvalue weighted by Crippen LogP contribution is 2.30. The number of H-pyrrole nitrogens is 1. The van der Waals surface area contributed by atoms with Crippen LogP contribution in [0.15, 0.2) is 30.6 Å². The molecule has 0 spiro atoms. The Hall–Kier alpha value is -2.18. The van der Waals surface area contributed by atoms with Crippen LogP contribution in [0, 0.1) is 0 Å². The second kappa shape index (κ2) is 4.59. The first-order valence-corrected chi connectivity index (χ1v) is 5.04. The molecule has 1 aromatic heterocycles. The van der Waals surface area contributed by atoms with Gasteiger partial charge in [0.1, 0.15) is 18.2 Å². The lowest BCUT2D eigenvalue weighted by Crippen LogP contribution is -2.04. The van der Waals surface area contributed by atoms with Crippen molar-refractivity contribution >= 4 is 5.82 Å². The van der Waals surface area contributed by atoms with E-state index in [9.17, 15) is 13.2 Å². The minimum absolute atomic E-state index is 0.122. The summed E-state index contributed by atoms with van der Waals surface area (Å²) >= 11 is 0. The average molecular weight is 257 g/mol. The van der Waals surface area contributed by atoms with Crippen LogP contribution in [-0.4, -0.2) is 9.97 Å². The number of benzene rings is 1. The number of halogens is 3. The SMILES string of the molecule is Nc1nc[nH]c1COc1ccc(C(F)(F)F)cc1. The van der Waals surface area contributed by atoms with Crippen LogP contribution >= 0.6 is 0 Å². The second-order valence-corrected chi connectivity index (χ2v) is 3.58. The Morgan fingerprint density at radius 1 is 1.22 bits per heavy atom. The molecular formula is C11H10F3N3O. The number of nitrogens with two attached hydrogens (primary N) is 1. The highest BCUT2D eigenvalue weighted by molar-refractivity contribution is 5.34. The number of aromatic nitrogens is 2. The first kappa shape index (κ1) is 12.3. The molecule has 4 nitrogen and oxygen atoms in total. The van der Waals surface area contributed by atoms with E-state index in [-0.39, 0.29) is 6.61 Å². The van der Waals surface area contributed by atoms with Gasteiger partial charge in [-0.25, -0.2) is 4.98 Å². The molecular weight excluding hydrogens is 247 g/mol. The van der Waals surface area contributed by atoms with E-state index in [2.05, 4.69) is 9.97 Å². The van der Waals surface area contributed by atoms with Gasteiger partial charge in [-0.1, -0.05) is 0 Å². The number of nitrogens with zero attached hydrogens (tertiary/aromatic N) is 1. The van der Waals surface area contributed by atoms with Crippen LogP contribution in [-0.2, 0) is 12.8 Å². The second-order valence-electron chi connectivity index (χ2n) is 3.58. The van der Waals surface area contributed by atoms with Crippen molar-refractivity contribution in [1.29, 1.82) is 0 Å². The zero-order chi connectivity index (χ0) is 13.2. The molecule has 7 heteroatoms. The maximum atomic E-state index is 12.3. The molecule has 0 radical (unpaired) electrons.